The Bertz CT molecular complexity index is 222. The number of hydrogen-bond donors (Lipinski definition) is 1. The second-order valence-electron chi connectivity index (χ2n) is 1.94. The second-order valence-corrected chi connectivity index (χ2v) is 3.10. The van der Waals surface area contributed by atoms with Gasteiger partial charge in [-0.2, -0.15) is 5.10 Å². The lowest BCUT2D eigenvalue weighted by molar-refractivity contribution is 0.274. The summed E-state index contributed by atoms with van der Waals surface area (Å²) < 4.78 is 2.84. The van der Waals surface area contributed by atoms with Crippen molar-refractivity contribution in [3.8, 4) is 0 Å². The highest BCUT2D eigenvalue weighted by Crippen LogP contribution is 2.09. The van der Waals surface area contributed by atoms with Crippen LogP contribution in [0.25, 0.3) is 0 Å². The zero-order valence-electron chi connectivity index (χ0n) is 5.71. The largest absolute Gasteiger partial charge is 0.390 e. The van der Waals surface area contributed by atoms with Crippen molar-refractivity contribution in [1.29, 1.82) is 0 Å². The molecule has 0 bridgehead atoms. The minimum absolute atomic E-state index is 0.0330. The van der Waals surface area contributed by atoms with Crippen molar-refractivity contribution in [2.75, 3.05) is 0 Å². The summed E-state index contributed by atoms with van der Waals surface area (Å²) in [4.78, 5) is 0. The maximum Gasteiger partial charge on any atom is 0.101 e. The van der Waals surface area contributed by atoms with E-state index in [1.807, 2.05) is 17.8 Å². The maximum absolute atomic E-state index is 8.75. The van der Waals surface area contributed by atoms with E-state index in [-0.39, 0.29) is 6.61 Å². The summed E-state index contributed by atoms with van der Waals surface area (Å²) in [6.45, 7) is 2.91. The minimum atomic E-state index is 0.0330. The molecule has 3 nitrogen and oxygen atoms in total. The van der Waals surface area contributed by atoms with E-state index in [0.717, 1.165) is 15.8 Å². The van der Waals surface area contributed by atoms with Crippen LogP contribution in [0.5, 0.6) is 0 Å². The Balaban J connectivity index is 2.92. The normalized spacial score (nSPS) is 10.3. The van der Waals surface area contributed by atoms with E-state index in [4.69, 9.17) is 5.11 Å². The summed E-state index contributed by atoms with van der Waals surface area (Å²) in [5.74, 6) is 0. The third kappa shape index (κ3) is 1.49. The molecule has 0 fully saturated rings. The highest BCUT2D eigenvalue weighted by molar-refractivity contribution is 14.1. The zero-order chi connectivity index (χ0) is 7.56. The molecule has 4 heteroatoms. The van der Waals surface area contributed by atoms with Gasteiger partial charge in [0, 0.05) is 12.7 Å². The first kappa shape index (κ1) is 8.00. The van der Waals surface area contributed by atoms with Crippen LogP contribution in [0.2, 0.25) is 0 Å². The summed E-state index contributed by atoms with van der Waals surface area (Å²) in [6.07, 6.45) is 1.92. The molecule has 1 N–H and O–H groups in total. The Kier molecular flexibility index (Phi) is 2.67. The van der Waals surface area contributed by atoms with Gasteiger partial charge in [0.25, 0.3) is 0 Å². The van der Waals surface area contributed by atoms with Crippen LogP contribution in [0, 0.1) is 3.57 Å². The smallest absolute Gasteiger partial charge is 0.101 e. The molecule has 0 atom stereocenters. The van der Waals surface area contributed by atoms with Crippen LogP contribution >= 0.6 is 22.6 Å². The van der Waals surface area contributed by atoms with Crippen molar-refractivity contribution in [2.24, 2.45) is 0 Å². The molecule has 0 aliphatic rings. The fourth-order valence-corrected chi connectivity index (χ4v) is 1.31. The number of halogens is 1. The molecule has 1 aromatic rings. The molecule has 0 aromatic carbocycles. The molecule has 1 rings (SSSR count). The van der Waals surface area contributed by atoms with Crippen LogP contribution in [0.1, 0.15) is 12.6 Å². The summed E-state index contributed by atoms with van der Waals surface area (Å²) in [5, 5.41) is 12.9. The number of rotatable bonds is 2. The lowest BCUT2D eigenvalue weighted by Crippen LogP contribution is -1.95. The first-order valence-electron chi connectivity index (χ1n) is 3.10. The van der Waals surface area contributed by atoms with E-state index in [1.165, 1.54) is 0 Å². The van der Waals surface area contributed by atoms with E-state index in [2.05, 4.69) is 27.7 Å². The summed E-state index contributed by atoms with van der Waals surface area (Å²) in [7, 11) is 0. The lowest BCUT2D eigenvalue weighted by Gasteiger charge is -1.90. The maximum atomic E-state index is 8.75. The molecule has 0 aliphatic carbocycles. The van der Waals surface area contributed by atoms with Crippen molar-refractivity contribution < 1.29 is 5.11 Å². The third-order valence-corrected chi connectivity index (χ3v) is 2.16. The highest BCUT2D eigenvalue weighted by atomic mass is 127. The van der Waals surface area contributed by atoms with E-state index < -0.39 is 0 Å². The van der Waals surface area contributed by atoms with E-state index in [9.17, 15) is 0 Å². The van der Waals surface area contributed by atoms with E-state index >= 15 is 0 Å². The molecule has 1 heterocycles. The zero-order valence-corrected chi connectivity index (χ0v) is 7.87. The molecular weight excluding hydrogens is 243 g/mol. The van der Waals surface area contributed by atoms with Crippen LogP contribution in [-0.2, 0) is 13.2 Å². The van der Waals surface area contributed by atoms with Gasteiger partial charge in [0.15, 0.2) is 0 Å². The van der Waals surface area contributed by atoms with Gasteiger partial charge in [0.2, 0.25) is 0 Å². The molecule has 0 saturated carbocycles. The monoisotopic (exact) mass is 252 g/mol. The molecule has 1 aromatic heterocycles. The molecule has 0 radical (unpaired) electrons. The van der Waals surface area contributed by atoms with Crippen molar-refractivity contribution >= 4 is 22.6 Å². The number of aryl methyl sites for hydroxylation is 1. The molecule has 10 heavy (non-hydrogen) atoms. The van der Waals surface area contributed by atoms with E-state index in [1.54, 1.807) is 0 Å². The molecule has 0 aliphatic heterocycles. The molecule has 0 unspecified atom stereocenters. The van der Waals surface area contributed by atoms with Gasteiger partial charge in [-0.25, -0.2) is 0 Å². The Hall–Kier alpha value is -0.100. The number of hydrogen-bond acceptors (Lipinski definition) is 2. The standard InChI is InChI=1S/C6H9IN2O/c1-2-9-3-5(7)6(4-10)8-9/h3,10H,2,4H2,1H3. The summed E-state index contributed by atoms with van der Waals surface area (Å²) in [5.41, 5.74) is 0.766. The number of aliphatic hydroxyl groups excluding tert-OH is 1. The van der Waals surface area contributed by atoms with Gasteiger partial charge in [-0.15, -0.1) is 0 Å². The first-order valence-corrected chi connectivity index (χ1v) is 4.18. The van der Waals surface area contributed by atoms with E-state index in [0.29, 0.717) is 0 Å². The molecular formula is C6H9IN2O. The summed E-state index contributed by atoms with van der Waals surface area (Å²) >= 11 is 2.16. The van der Waals surface area contributed by atoms with Gasteiger partial charge in [0.05, 0.1) is 10.2 Å². The molecule has 56 valence electrons. The van der Waals surface area contributed by atoms with Gasteiger partial charge < -0.3 is 5.11 Å². The number of aliphatic hydroxyl groups is 1. The lowest BCUT2D eigenvalue weighted by atomic mass is 10.5. The Morgan fingerprint density at radius 1 is 1.80 bits per heavy atom. The topological polar surface area (TPSA) is 38.0 Å². The SMILES string of the molecule is CCn1cc(I)c(CO)n1. The predicted molar refractivity (Wildman–Crippen MR) is 46.5 cm³/mol. The fraction of sp³-hybridized carbons (Fsp3) is 0.500. The van der Waals surface area contributed by atoms with Crippen LogP contribution in [0.3, 0.4) is 0 Å². The quantitative estimate of drug-likeness (QED) is 0.797. The van der Waals surface area contributed by atoms with Gasteiger partial charge in [0.1, 0.15) is 5.69 Å². The number of nitrogens with zero attached hydrogens (tertiary/aromatic N) is 2. The van der Waals surface area contributed by atoms with Crippen LogP contribution < -0.4 is 0 Å². The highest BCUT2D eigenvalue weighted by Gasteiger charge is 2.02. The first-order chi connectivity index (χ1) is 4.77. The Morgan fingerprint density at radius 2 is 2.50 bits per heavy atom. The predicted octanol–water partition coefficient (Wildman–Crippen LogP) is 1.000. The third-order valence-electron chi connectivity index (χ3n) is 1.26. The molecule has 0 amide bonds. The van der Waals surface area contributed by atoms with Crippen LogP contribution in [0.15, 0.2) is 6.20 Å². The fourth-order valence-electron chi connectivity index (χ4n) is 0.706. The second kappa shape index (κ2) is 3.34. The van der Waals surface area contributed by atoms with Gasteiger partial charge in [-0.1, -0.05) is 0 Å². The Labute approximate surface area is 73.2 Å². The van der Waals surface area contributed by atoms with Crippen molar-refractivity contribution in [3.63, 3.8) is 0 Å². The van der Waals surface area contributed by atoms with Gasteiger partial charge >= 0.3 is 0 Å². The van der Waals surface area contributed by atoms with Crippen molar-refractivity contribution in [1.82, 2.24) is 9.78 Å². The van der Waals surface area contributed by atoms with Crippen LogP contribution in [-0.4, -0.2) is 14.9 Å². The van der Waals surface area contributed by atoms with Crippen molar-refractivity contribution in [2.45, 2.75) is 20.1 Å². The summed E-state index contributed by atoms with van der Waals surface area (Å²) in [6, 6.07) is 0. The Morgan fingerprint density at radius 3 is 2.80 bits per heavy atom. The molecule has 0 saturated heterocycles. The average molecular weight is 252 g/mol. The minimum Gasteiger partial charge on any atom is -0.390 e. The van der Waals surface area contributed by atoms with Crippen LogP contribution in [0.4, 0.5) is 0 Å². The van der Waals surface area contributed by atoms with Crippen molar-refractivity contribution in [3.05, 3.63) is 15.5 Å². The van der Waals surface area contributed by atoms with Gasteiger partial charge in [-0.3, -0.25) is 4.68 Å². The number of aromatic nitrogens is 2. The average Bonchev–Trinajstić information content (AvgIpc) is 2.30. The molecule has 0 spiro atoms. The van der Waals surface area contributed by atoms with Gasteiger partial charge in [-0.05, 0) is 29.5 Å².